The summed E-state index contributed by atoms with van der Waals surface area (Å²) in [4.78, 5) is 10.9. The Morgan fingerprint density at radius 2 is 1.93 bits per heavy atom. The predicted molar refractivity (Wildman–Crippen MR) is 127 cm³/mol. The van der Waals surface area contributed by atoms with Crippen molar-refractivity contribution in [2.75, 3.05) is 54.0 Å². The highest BCUT2D eigenvalue weighted by Crippen LogP contribution is 2.18. The van der Waals surface area contributed by atoms with Crippen LogP contribution >= 0.6 is 35.6 Å². The van der Waals surface area contributed by atoms with E-state index in [0.29, 0.717) is 29.7 Å². The lowest BCUT2D eigenvalue weighted by atomic mass is 10.2. The van der Waals surface area contributed by atoms with Crippen LogP contribution in [0.2, 0.25) is 5.02 Å². The third-order valence-corrected chi connectivity index (χ3v) is 4.35. The van der Waals surface area contributed by atoms with Gasteiger partial charge in [-0.1, -0.05) is 16.8 Å². The van der Waals surface area contributed by atoms with E-state index >= 15 is 0 Å². The fourth-order valence-corrected chi connectivity index (χ4v) is 2.66. The van der Waals surface area contributed by atoms with E-state index in [1.807, 2.05) is 12.1 Å². The van der Waals surface area contributed by atoms with Crippen molar-refractivity contribution in [1.29, 1.82) is 0 Å². The molecule has 1 heterocycles. The second kappa shape index (κ2) is 14.5. The maximum Gasteiger partial charge on any atom is 0.228 e. The molecule has 0 spiro atoms. The first-order valence-corrected chi connectivity index (χ1v) is 9.70. The molecule has 2 aromatic rings. The van der Waals surface area contributed by atoms with Gasteiger partial charge in [0.1, 0.15) is 0 Å². The lowest BCUT2D eigenvalue weighted by Gasteiger charge is -2.18. The molecule has 10 heteroatoms. The summed E-state index contributed by atoms with van der Waals surface area (Å²) >= 11 is 5.90. The minimum Gasteiger partial charge on any atom is -0.385 e. The minimum absolute atomic E-state index is 0. The number of benzene rings is 1. The topological polar surface area (TPSA) is 87.8 Å². The van der Waals surface area contributed by atoms with Crippen molar-refractivity contribution in [2.45, 2.75) is 12.8 Å². The van der Waals surface area contributed by atoms with Gasteiger partial charge in [0.05, 0.1) is 0 Å². The number of rotatable bonds is 11. The zero-order valence-electron chi connectivity index (χ0n) is 17.2. The van der Waals surface area contributed by atoms with Gasteiger partial charge in [0.2, 0.25) is 11.7 Å². The van der Waals surface area contributed by atoms with Crippen LogP contribution < -0.4 is 10.6 Å². The Balaban J connectivity index is 0.00000420. The largest absolute Gasteiger partial charge is 0.385 e. The third kappa shape index (κ3) is 9.75. The number of hydrogen-bond donors (Lipinski definition) is 2. The van der Waals surface area contributed by atoms with Gasteiger partial charge in [-0.3, -0.25) is 4.99 Å². The maximum atomic E-state index is 5.90. The molecular formula is C19H30ClIN6O2. The van der Waals surface area contributed by atoms with Crippen LogP contribution in [0.3, 0.4) is 0 Å². The van der Waals surface area contributed by atoms with E-state index in [4.69, 9.17) is 20.9 Å². The molecule has 0 fully saturated rings. The fourth-order valence-electron chi connectivity index (χ4n) is 2.54. The van der Waals surface area contributed by atoms with Crippen LogP contribution in [0.1, 0.15) is 12.3 Å². The maximum absolute atomic E-state index is 5.90. The van der Waals surface area contributed by atoms with Crippen molar-refractivity contribution in [3.8, 4) is 11.4 Å². The Kier molecular flexibility index (Phi) is 12.8. The standard InChI is InChI=1S/C19H29ClN6O2.HI/c1-21-19(23-11-13-26(2)12-4-14-27-3)22-10-9-17-24-18(25-28-17)15-5-7-16(20)8-6-15;/h5-8H,4,9-14H2,1-3H3,(H2,21,22,23);1H. The second-order valence-corrected chi connectivity index (χ2v) is 6.78. The van der Waals surface area contributed by atoms with E-state index in [1.165, 1.54) is 0 Å². The average Bonchev–Trinajstić information content (AvgIpc) is 3.16. The minimum atomic E-state index is 0. The number of likely N-dealkylation sites (N-methyl/N-ethyl adjacent to an activating group) is 1. The molecule has 8 nitrogen and oxygen atoms in total. The van der Waals surface area contributed by atoms with Crippen LogP contribution in [0, 0.1) is 0 Å². The van der Waals surface area contributed by atoms with Crippen LogP contribution in [-0.4, -0.2) is 75.0 Å². The zero-order valence-corrected chi connectivity index (χ0v) is 20.2. The van der Waals surface area contributed by atoms with Gasteiger partial charge in [0, 0.05) is 64.0 Å². The van der Waals surface area contributed by atoms with Gasteiger partial charge in [-0.05, 0) is 37.7 Å². The molecule has 2 rings (SSSR count). The van der Waals surface area contributed by atoms with E-state index in [-0.39, 0.29) is 24.0 Å². The number of guanidine groups is 1. The number of ether oxygens (including phenoxy) is 1. The van der Waals surface area contributed by atoms with Crippen molar-refractivity contribution >= 4 is 41.5 Å². The summed E-state index contributed by atoms with van der Waals surface area (Å²) < 4.78 is 10.4. The van der Waals surface area contributed by atoms with Crippen molar-refractivity contribution in [3.05, 3.63) is 35.2 Å². The molecule has 0 saturated carbocycles. The Labute approximate surface area is 194 Å². The number of nitrogens with zero attached hydrogens (tertiary/aromatic N) is 4. The van der Waals surface area contributed by atoms with Crippen molar-refractivity contribution in [3.63, 3.8) is 0 Å². The number of methoxy groups -OCH3 is 1. The highest BCUT2D eigenvalue weighted by molar-refractivity contribution is 14.0. The molecule has 2 N–H and O–H groups in total. The normalized spacial score (nSPS) is 11.4. The Hall–Kier alpha value is -1.43. The molecule has 0 radical (unpaired) electrons. The van der Waals surface area contributed by atoms with Crippen molar-refractivity contribution in [1.82, 2.24) is 25.7 Å². The van der Waals surface area contributed by atoms with E-state index in [9.17, 15) is 0 Å². The molecule has 162 valence electrons. The molecule has 29 heavy (non-hydrogen) atoms. The van der Waals surface area contributed by atoms with Crippen LogP contribution in [0.5, 0.6) is 0 Å². The number of aromatic nitrogens is 2. The average molecular weight is 537 g/mol. The monoisotopic (exact) mass is 536 g/mol. The SMILES string of the molecule is CN=C(NCCc1nc(-c2ccc(Cl)cc2)no1)NCCN(C)CCCOC.I. The molecule has 0 atom stereocenters. The first-order chi connectivity index (χ1) is 13.6. The number of aliphatic imine (C=N–C) groups is 1. The summed E-state index contributed by atoms with van der Waals surface area (Å²) in [7, 11) is 5.58. The Morgan fingerprint density at radius 3 is 2.62 bits per heavy atom. The van der Waals surface area contributed by atoms with Gasteiger partial charge in [-0.15, -0.1) is 24.0 Å². The van der Waals surface area contributed by atoms with Gasteiger partial charge in [-0.2, -0.15) is 4.98 Å². The number of hydrogen-bond acceptors (Lipinski definition) is 6. The Bertz CT molecular complexity index is 726. The fraction of sp³-hybridized carbons (Fsp3) is 0.526. The smallest absolute Gasteiger partial charge is 0.228 e. The summed E-state index contributed by atoms with van der Waals surface area (Å²) in [5.74, 6) is 1.89. The van der Waals surface area contributed by atoms with E-state index in [1.54, 1.807) is 26.3 Å². The van der Waals surface area contributed by atoms with Gasteiger partial charge in [0.25, 0.3) is 0 Å². The molecule has 0 saturated heterocycles. The molecule has 0 aliphatic rings. The molecule has 0 unspecified atom stereocenters. The van der Waals surface area contributed by atoms with Crippen molar-refractivity contribution in [2.24, 2.45) is 4.99 Å². The summed E-state index contributed by atoms with van der Waals surface area (Å²) in [5, 5.41) is 11.2. The zero-order chi connectivity index (χ0) is 20.2. The van der Waals surface area contributed by atoms with Crippen LogP contribution in [0.25, 0.3) is 11.4 Å². The lowest BCUT2D eigenvalue weighted by molar-refractivity contribution is 0.180. The van der Waals surface area contributed by atoms with Crippen LogP contribution in [0.15, 0.2) is 33.8 Å². The quantitative estimate of drug-likeness (QED) is 0.198. The summed E-state index contributed by atoms with van der Waals surface area (Å²) in [6.45, 7) is 4.18. The first-order valence-electron chi connectivity index (χ1n) is 9.33. The van der Waals surface area contributed by atoms with Crippen LogP contribution in [0.4, 0.5) is 0 Å². The number of nitrogens with one attached hydrogen (secondary N) is 2. The predicted octanol–water partition coefficient (Wildman–Crippen LogP) is 2.68. The van der Waals surface area contributed by atoms with Gasteiger partial charge < -0.3 is 24.8 Å². The summed E-state index contributed by atoms with van der Waals surface area (Å²) in [5.41, 5.74) is 0.874. The van der Waals surface area contributed by atoms with Gasteiger partial charge >= 0.3 is 0 Å². The highest BCUT2D eigenvalue weighted by Gasteiger charge is 2.09. The summed E-state index contributed by atoms with van der Waals surface area (Å²) in [6, 6.07) is 7.35. The first kappa shape index (κ1) is 25.6. The third-order valence-electron chi connectivity index (χ3n) is 4.10. The second-order valence-electron chi connectivity index (χ2n) is 6.34. The molecule has 0 bridgehead atoms. The van der Waals surface area contributed by atoms with Crippen molar-refractivity contribution < 1.29 is 9.26 Å². The van der Waals surface area contributed by atoms with E-state index in [2.05, 4.69) is 37.7 Å². The lowest BCUT2D eigenvalue weighted by Crippen LogP contribution is -2.41. The number of halogens is 2. The van der Waals surface area contributed by atoms with Gasteiger partial charge in [-0.25, -0.2) is 0 Å². The molecule has 0 aliphatic heterocycles. The molecule has 0 amide bonds. The highest BCUT2D eigenvalue weighted by atomic mass is 127. The Morgan fingerprint density at radius 1 is 1.21 bits per heavy atom. The van der Waals surface area contributed by atoms with E-state index < -0.39 is 0 Å². The summed E-state index contributed by atoms with van der Waals surface area (Å²) in [6.07, 6.45) is 1.64. The van der Waals surface area contributed by atoms with E-state index in [0.717, 1.165) is 44.2 Å². The van der Waals surface area contributed by atoms with Crippen LogP contribution in [-0.2, 0) is 11.2 Å². The van der Waals surface area contributed by atoms with Gasteiger partial charge in [0.15, 0.2) is 5.96 Å². The molecule has 0 aliphatic carbocycles. The molecular weight excluding hydrogens is 507 g/mol. The molecule has 1 aromatic carbocycles. The molecule has 1 aromatic heterocycles.